The van der Waals surface area contributed by atoms with Crippen molar-refractivity contribution in [2.45, 2.75) is 58.9 Å². The molecule has 0 fully saturated rings. The number of hydrogen-bond donors (Lipinski definition) is 2. The van der Waals surface area contributed by atoms with E-state index in [1.807, 2.05) is 6.92 Å². The molecule has 1 amide bonds. The number of ketones is 1. The molecule has 0 aromatic heterocycles. The minimum Gasteiger partial charge on any atom is -0.346 e. The predicted octanol–water partition coefficient (Wildman–Crippen LogP) is 1.19. The fourth-order valence-corrected chi connectivity index (χ4v) is 1.17. The maximum absolute atomic E-state index is 11.1. The van der Waals surface area contributed by atoms with Crippen molar-refractivity contribution < 1.29 is 14.4 Å². The summed E-state index contributed by atoms with van der Waals surface area (Å²) in [5.41, 5.74) is 5.35. The Morgan fingerprint density at radius 2 is 1.83 bits per heavy atom. The Kier molecular flexibility index (Phi) is 14.7. The van der Waals surface area contributed by atoms with Crippen molar-refractivity contribution >= 4 is 18.0 Å². The number of amides is 1. The number of hydrogen-bond acceptors (Lipinski definition) is 4. The molecule has 0 rings (SSSR count). The van der Waals surface area contributed by atoms with Crippen LogP contribution in [0.5, 0.6) is 0 Å². The van der Waals surface area contributed by atoms with Gasteiger partial charge in [-0.2, -0.15) is 0 Å². The van der Waals surface area contributed by atoms with Gasteiger partial charge in [0.15, 0.2) is 5.78 Å². The molecule has 0 aliphatic rings. The van der Waals surface area contributed by atoms with Crippen molar-refractivity contribution in [3.8, 4) is 0 Å². The van der Waals surface area contributed by atoms with Crippen LogP contribution < -0.4 is 11.1 Å². The van der Waals surface area contributed by atoms with Gasteiger partial charge >= 0.3 is 0 Å². The van der Waals surface area contributed by atoms with Crippen LogP contribution in [0.25, 0.3) is 0 Å². The van der Waals surface area contributed by atoms with Crippen molar-refractivity contribution in [1.29, 1.82) is 0 Å². The Balaban J connectivity index is 0. The van der Waals surface area contributed by atoms with E-state index in [1.165, 1.54) is 6.92 Å². The van der Waals surface area contributed by atoms with Crippen LogP contribution in [0.3, 0.4) is 0 Å². The van der Waals surface area contributed by atoms with Crippen LogP contribution in [-0.2, 0) is 14.4 Å². The number of nitrogens with two attached hydrogens (primary N) is 1. The summed E-state index contributed by atoms with van der Waals surface area (Å²) in [5, 5.41) is 2.70. The van der Waals surface area contributed by atoms with E-state index >= 15 is 0 Å². The average molecular weight is 258 g/mol. The van der Waals surface area contributed by atoms with E-state index in [2.05, 4.69) is 5.32 Å². The summed E-state index contributed by atoms with van der Waals surface area (Å²) in [5.74, 6) is -0.0539. The molecule has 3 N–H and O–H groups in total. The minimum absolute atomic E-state index is 0.0174. The molecule has 0 bridgehead atoms. The summed E-state index contributed by atoms with van der Waals surface area (Å²) in [6.45, 7) is 5.72. The summed E-state index contributed by atoms with van der Waals surface area (Å²) >= 11 is 0. The molecule has 18 heavy (non-hydrogen) atoms. The molecule has 0 radical (unpaired) electrons. The lowest BCUT2D eigenvalue weighted by atomic mass is 10.1. The normalized spacial score (nSPS) is 10.9. The van der Waals surface area contributed by atoms with Gasteiger partial charge in [0.2, 0.25) is 5.91 Å². The topological polar surface area (TPSA) is 89.3 Å². The van der Waals surface area contributed by atoms with Crippen molar-refractivity contribution in [2.75, 3.05) is 6.54 Å². The SMILES string of the molecule is CCC(=O)NC(CCCCN)C(C)=O.CCC=O. The zero-order valence-electron chi connectivity index (χ0n) is 11.7. The number of nitrogens with one attached hydrogen (secondary N) is 1. The molecule has 0 aliphatic carbocycles. The number of aldehydes is 1. The molecule has 5 nitrogen and oxygen atoms in total. The molecule has 106 valence electrons. The number of unbranched alkanes of at least 4 members (excludes halogenated alkanes) is 1. The molecule has 5 heteroatoms. The zero-order chi connectivity index (χ0) is 14.4. The van der Waals surface area contributed by atoms with Crippen molar-refractivity contribution in [1.82, 2.24) is 5.32 Å². The Morgan fingerprint density at radius 3 is 2.17 bits per heavy atom. The Bertz CT molecular complexity index is 242. The second-order valence-electron chi connectivity index (χ2n) is 3.94. The lowest BCUT2D eigenvalue weighted by molar-refractivity contribution is -0.126. The molecule has 0 aliphatic heterocycles. The first-order chi connectivity index (χ1) is 8.53. The van der Waals surface area contributed by atoms with Crippen molar-refractivity contribution in [2.24, 2.45) is 5.73 Å². The second-order valence-corrected chi connectivity index (χ2v) is 3.94. The van der Waals surface area contributed by atoms with Gasteiger partial charge in [-0.1, -0.05) is 13.8 Å². The maximum atomic E-state index is 11.1. The zero-order valence-corrected chi connectivity index (χ0v) is 11.7. The van der Waals surface area contributed by atoms with Crippen LogP contribution in [0.2, 0.25) is 0 Å². The van der Waals surface area contributed by atoms with Gasteiger partial charge in [0.25, 0.3) is 0 Å². The lowest BCUT2D eigenvalue weighted by Crippen LogP contribution is -2.39. The first-order valence-electron chi connectivity index (χ1n) is 6.46. The molecule has 0 heterocycles. The van der Waals surface area contributed by atoms with Crippen LogP contribution in [0.15, 0.2) is 0 Å². The lowest BCUT2D eigenvalue weighted by Gasteiger charge is -2.14. The molecule has 0 spiro atoms. The third kappa shape index (κ3) is 12.8. The highest BCUT2D eigenvalue weighted by atomic mass is 16.2. The average Bonchev–Trinajstić information content (AvgIpc) is 2.37. The number of rotatable bonds is 8. The molecule has 0 aromatic carbocycles. The van der Waals surface area contributed by atoms with E-state index in [0.29, 0.717) is 25.8 Å². The van der Waals surface area contributed by atoms with E-state index < -0.39 is 0 Å². The first-order valence-corrected chi connectivity index (χ1v) is 6.46. The molecule has 0 saturated carbocycles. The molecule has 1 unspecified atom stereocenters. The monoisotopic (exact) mass is 258 g/mol. The largest absolute Gasteiger partial charge is 0.346 e. The van der Waals surface area contributed by atoms with Gasteiger partial charge in [-0.25, -0.2) is 0 Å². The molecule has 1 atom stereocenters. The van der Waals surface area contributed by atoms with Gasteiger partial charge in [0.05, 0.1) is 6.04 Å². The maximum Gasteiger partial charge on any atom is 0.220 e. The number of Topliss-reactive ketones (excluding diaryl/α,β-unsaturated/α-hetero) is 1. The van der Waals surface area contributed by atoms with E-state index in [9.17, 15) is 14.4 Å². The Labute approximate surface area is 109 Å². The van der Waals surface area contributed by atoms with Gasteiger partial charge < -0.3 is 15.8 Å². The minimum atomic E-state index is -0.325. The standard InChI is InChI=1S/C10H20N2O2.C3H6O/c1-3-10(14)12-9(8(2)13)6-4-5-7-11;1-2-3-4/h9H,3-7,11H2,1-2H3,(H,12,14);3H,2H2,1H3. The highest BCUT2D eigenvalue weighted by molar-refractivity contribution is 5.87. The van der Waals surface area contributed by atoms with Gasteiger partial charge in [0.1, 0.15) is 6.29 Å². The van der Waals surface area contributed by atoms with Gasteiger partial charge in [-0.15, -0.1) is 0 Å². The summed E-state index contributed by atoms with van der Waals surface area (Å²) in [4.78, 5) is 31.4. The van der Waals surface area contributed by atoms with Crippen LogP contribution in [0.1, 0.15) is 52.9 Å². The molecular formula is C13H26N2O3. The summed E-state index contributed by atoms with van der Waals surface area (Å²) < 4.78 is 0. The third-order valence-corrected chi connectivity index (χ3v) is 2.26. The first kappa shape index (κ1) is 19.1. The molecule has 0 saturated heterocycles. The molecular weight excluding hydrogens is 232 g/mol. The Morgan fingerprint density at radius 1 is 1.28 bits per heavy atom. The predicted molar refractivity (Wildman–Crippen MR) is 72.2 cm³/mol. The highest BCUT2D eigenvalue weighted by Crippen LogP contribution is 2.01. The smallest absolute Gasteiger partial charge is 0.220 e. The van der Waals surface area contributed by atoms with E-state index in [0.717, 1.165) is 19.1 Å². The van der Waals surface area contributed by atoms with Crippen LogP contribution in [0.4, 0.5) is 0 Å². The molecule has 0 aromatic rings. The number of carbonyl (C=O) groups is 3. The van der Waals surface area contributed by atoms with Gasteiger partial charge in [0, 0.05) is 12.8 Å². The van der Waals surface area contributed by atoms with Crippen molar-refractivity contribution in [3.05, 3.63) is 0 Å². The highest BCUT2D eigenvalue weighted by Gasteiger charge is 2.14. The quantitative estimate of drug-likeness (QED) is 0.505. The van der Waals surface area contributed by atoms with Crippen LogP contribution in [-0.4, -0.2) is 30.6 Å². The Hall–Kier alpha value is -1.23. The summed E-state index contributed by atoms with van der Waals surface area (Å²) in [7, 11) is 0. The summed E-state index contributed by atoms with van der Waals surface area (Å²) in [6, 6.07) is -0.325. The van der Waals surface area contributed by atoms with E-state index in [1.54, 1.807) is 6.92 Å². The fraction of sp³-hybridized carbons (Fsp3) is 0.769. The van der Waals surface area contributed by atoms with E-state index in [-0.39, 0.29) is 17.7 Å². The third-order valence-electron chi connectivity index (χ3n) is 2.26. The summed E-state index contributed by atoms with van der Waals surface area (Å²) in [6.07, 6.45) is 4.40. The van der Waals surface area contributed by atoms with E-state index in [4.69, 9.17) is 5.73 Å². The van der Waals surface area contributed by atoms with Crippen LogP contribution in [0, 0.1) is 0 Å². The fourth-order valence-electron chi connectivity index (χ4n) is 1.17. The van der Waals surface area contributed by atoms with Crippen LogP contribution >= 0.6 is 0 Å². The second kappa shape index (κ2) is 13.8. The van der Waals surface area contributed by atoms with Crippen molar-refractivity contribution in [3.63, 3.8) is 0 Å². The van der Waals surface area contributed by atoms with Gasteiger partial charge in [-0.3, -0.25) is 9.59 Å². The number of carbonyl (C=O) groups excluding carboxylic acids is 3. The van der Waals surface area contributed by atoms with Gasteiger partial charge in [-0.05, 0) is 32.7 Å².